The van der Waals surface area contributed by atoms with E-state index in [4.69, 9.17) is 0 Å². The van der Waals surface area contributed by atoms with Gasteiger partial charge >= 0.3 is 0 Å². The van der Waals surface area contributed by atoms with Crippen molar-refractivity contribution in [2.24, 2.45) is 11.8 Å². The molecule has 1 heterocycles. The number of nitrogens with zero attached hydrogens (tertiary/aromatic N) is 1. The smallest absolute Gasteiger partial charge is 0.227 e. The third kappa shape index (κ3) is 3.84. The van der Waals surface area contributed by atoms with E-state index in [0.29, 0.717) is 19.0 Å². The minimum atomic E-state index is -0.260. The topological polar surface area (TPSA) is 49.4 Å². The Morgan fingerprint density at radius 1 is 1.48 bits per heavy atom. The van der Waals surface area contributed by atoms with E-state index in [9.17, 15) is 9.59 Å². The van der Waals surface area contributed by atoms with Crippen molar-refractivity contribution in [3.05, 3.63) is 28.2 Å². The maximum absolute atomic E-state index is 12.2. The second-order valence-electron chi connectivity index (χ2n) is 6.00. The monoisotopic (exact) mass is 352 g/mol. The highest BCUT2D eigenvalue weighted by atomic mass is 79.9. The average molecular weight is 353 g/mol. The average Bonchev–Trinajstić information content (AvgIpc) is 2.78. The molecule has 2 amide bonds. The Balaban J connectivity index is 2.07. The highest BCUT2D eigenvalue weighted by Gasteiger charge is 2.35. The van der Waals surface area contributed by atoms with Gasteiger partial charge in [0.2, 0.25) is 11.8 Å². The quantitative estimate of drug-likeness (QED) is 0.905. The molecular weight excluding hydrogens is 332 g/mol. The number of carbonyl (C=O) groups is 2. The van der Waals surface area contributed by atoms with Crippen LogP contribution in [0.2, 0.25) is 0 Å². The van der Waals surface area contributed by atoms with Crippen LogP contribution in [0, 0.1) is 18.8 Å². The highest BCUT2D eigenvalue weighted by molar-refractivity contribution is 9.10. The Morgan fingerprint density at radius 3 is 2.81 bits per heavy atom. The van der Waals surface area contributed by atoms with Crippen LogP contribution in [-0.4, -0.2) is 24.9 Å². The van der Waals surface area contributed by atoms with E-state index in [-0.39, 0.29) is 24.2 Å². The van der Waals surface area contributed by atoms with E-state index in [0.717, 1.165) is 15.7 Å². The number of nitrogens with one attached hydrogen (secondary N) is 1. The molecule has 2 rings (SSSR count). The van der Waals surface area contributed by atoms with Gasteiger partial charge in [-0.25, -0.2) is 0 Å². The van der Waals surface area contributed by atoms with Gasteiger partial charge in [-0.05, 0) is 46.5 Å². The van der Waals surface area contributed by atoms with Crippen LogP contribution >= 0.6 is 15.9 Å². The van der Waals surface area contributed by atoms with Gasteiger partial charge in [0.25, 0.3) is 0 Å². The summed E-state index contributed by atoms with van der Waals surface area (Å²) < 4.78 is 0.888. The Morgan fingerprint density at radius 2 is 2.19 bits per heavy atom. The van der Waals surface area contributed by atoms with Gasteiger partial charge < -0.3 is 10.2 Å². The SMILES string of the molecule is Cc1ccc(N2CC(C(=O)NCC(C)C)CC2=O)c(Br)c1. The molecule has 1 saturated heterocycles. The number of hydrogen-bond acceptors (Lipinski definition) is 2. The normalized spacial score (nSPS) is 18.4. The number of benzene rings is 1. The minimum absolute atomic E-state index is 0.00394. The lowest BCUT2D eigenvalue weighted by molar-refractivity contribution is -0.126. The molecule has 1 fully saturated rings. The van der Waals surface area contributed by atoms with Crippen LogP contribution in [0.3, 0.4) is 0 Å². The molecule has 1 aromatic carbocycles. The summed E-state index contributed by atoms with van der Waals surface area (Å²) in [5.74, 6) is 0.130. The van der Waals surface area contributed by atoms with Gasteiger partial charge in [0.15, 0.2) is 0 Å². The zero-order chi connectivity index (χ0) is 15.6. The maximum atomic E-state index is 12.2. The molecule has 5 heteroatoms. The van der Waals surface area contributed by atoms with Crippen LogP contribution in [0.5, 0.6) is 0 Å². The Hall–Kier alpha value is -1.36. The van der Waals surface area contributed by atoms with E-state index >= 15 is 0 Å². The summed E-state index contributed by atoms with van der Waals surface area (Å²) in [5, 5.41) is 2.91. The molecule has 1 aliphatic heterocycles. The van der Waals surface area contributed by atoms with Crippen LogP contribution in [0.4, 0.5) is 5.69 Å². The molecule has 0 aromatic heterocycles. The van der Waals surface area contributed by atoms with Crippen molar-refractivity contribution in [1.82, 2.24) is 5.32 Å². The molecule has 0 aliphatic carbocycles. The third-order valence-corrected chi connectivity index (χ3v) is 4.21. The summed E-state index contributed by atoms with van der Waals surface area (Å²) in [6.07, 6.45) is 0.282. The fraction of sp³-hybridized carbons (Fsp3) is 0.500. The van der Waals surface area contributed by atoms with Crippen molar-refractivity contribution in [1.29, 1.82) is 0 Å². The first-order valence-corrected chi connectivity index (χ1v) is 8.02. The molecule has 1 aliphatic rings. The first-order chi connectivity index (χ1) is 9.88. The Kier molecular flexibility index (Phi) is 5.04. The summed E-state index contributed by atoms with van der Waals surface area (Å²) >= 11 is 3.50. The lowest BCUT2D eigenvalue weighted by Crippen LogP contribution is -2.35. The predicted molar refractivity (Wildman–Crippen MR) is 87.2 cm³/mol. The Labute approximate surface area is 134 Å². The number of carbonyl (C=O) groups excluding carboxylic acids is 2. The van der Waals surface area contributed by atoms with Crippen molar-refractivity contribution < 1.29 is 9.59 Å². The Bertz CT molecular complexity index is 557. The fourth-order valence-corrected chi connectivity index (χ4v) is 3.10. The second-order valence-corrected chi connectivity index (χ2v) is 6.85. The first-order valence-electron chi connectivity index (χ1n) is 7.22. The number of amides is 2. The van der Waals surface area contributed by atoms with E-state index in [1.165, 1.54) is 0 Å². The van der Waals surface area contributed by atoms with Gasteiger partial charge in [-0.1, -0.05) is 19.9 Å². The molecule has 0 spiro atoms. The molecule has 1 N–H and O–H groups in total. The van der Waals surface area contributed by atoms with Crippen molar-refractivity contribution >= 4 is 33.4 Å². The second kappa shape index (κ2) is 6.60. The number of hydrogen-bond donors (Lipinski definition) is 1. The highest BCUT2D eigenvalue weighted by Crippen LogP contribution is 2.32. The number of rotatable bonds is 4. The lowest BCUT2D eigenvalue weighted by atomic mass is 10.1. The largest absolute Gasteiger partial charge is 0.356 e. The van der Waals surface area contributed by atoms with Crippen molar-refractivity contribution in [2.75, 3.05) is 18.0 Å². The van der Waals surface area contributed by atoms with Gasteiger partial charge in [-0.3, -0.25) is 9.59 Å². The molecule has 114 valence electrons. The van der Waals surface area contributed by atoms with E-state index in [1.807, 2.05) is 25.1 Å². The van der Waals surface area contributed by atoms with Gasteiger partial charge in [-0.15, -0.1) is 0 Å². The molecule has 0 radical (unpaired) electrons. The zero-order valence-corrected chi connectivity index (χ0v) is 14.2. The van der Waals surface area contributed by atoms with Crippen molar-refractivity contribution in [3.63, 3.8) is 0 Å². The van der Waals surface area contributed by atoms with Gasteiger partial charge in [-0.2, -0.15) is 0 Å². The summed E-state index contributed by atoms with van der Waals surface area (Å²) in [7, 11) is 0. The van der Waals surface area contributed by atoms with Crippen LogP contribution in [0.15, 0.2) is 22.7 Å². The summed E-state index contributed by atoms with van der Waals surface area (Å²) in [4.78, 5) is 26.0. The predicted octanol–water partition coefficient (Wildman–Crippen LogP) is 2.88. The maximum Gasteiger partial charge on any atom is 0.227 e. The standard InChI is InChI=1S/C16H21BrN2O2/c1-10(2)8-18-16(21)12-7-15(20)19(9-12)14-5-4-11(3)6-13(14)17/h4-6,10,12H,7-9H2,1-3H3,(H,18,21). The molecule has 1 unspecified atom stereocenters. The summed E-state index contributed by atoms with van der Waals surface area (Å²) in [5.41, 5.74) is 1.97. The number of halogens is 1. The first kappa shape index (κ1) is 16.0. The molecule has 1 atom stereocenters. The zero-order valence-electron chi connectivity index (χ0n) is 12.6. The molecule has 0 bridgehead atoms. The number of aryl methyl sites for hydroxylation is 1. The molecule has 0 saturated carbocycles. The van der Waals surface area contributed by atoms with Gasteiger partial charge in [0, 0.05) is 24.0 Å². The molecule has 4 nitrogen and oxygen atoms in total. The fourth-order valence-electron chi connectivity index (χ4n) is 2.40. The van der Waals surface area contributed by atoms with Crippen LogP contribution in [-0.2, 0) is 9.59 Å². The minimum Gasteiger partial charge on any atom is -0.356 e. The van der Waals surface area contributed by atoms with Crippen molar-refractivity contribution in [3.8, 4) is 0 Å². The van der Waals surface area contributed by atoms with E-state index in [1.54, 1.807) is 4.90 Å². The van der Waals surface area contributed by atoms with Crippen LogP contribution in [0.1, 0.15) is 25.8 Å². The summed E-state index contributed by atoms with van der Waals surface area (Å²) in [6, 6.07) is 5.88. The summed E-state index contributed by atoms with van der Waals surface area (Å²) in [6.45, 7) is 7.20. The van der Waals surface area contributed by atoms with Gasteiger partial charge in [0.1, 0.15) is 0 Å². The molecular formula is C16H21BrN2O2. The van der Waals surface area contributed by atoms with E-state index < -0.39 is 0 Å². The lowest BCUT2D eigenvalue weighted by Gasteiger charge is -2.19. The van der Waals surface area contributed by atoms with Gasteiger partial charge in [0.05, 0.1) is 11.6 Å². The number of anilines is 1. The van der Waals surface area contributed by atoms with Crippen molar-refractivity contribution in [2.45, 2.75) is 27.2 Å². The van der Waals surface area contributed by atoms with Crippen LogP contribution < -0.4 is 10.2 Å². The third-order valence-electron chi connectivity index (χ3n) is 3.57. The molecule has 1 aromatic rings. The molecule has 21 heavy (non-hydrogen) atoms. The van der Waals surface area contributed by atoms with Crippen LogP contribution in [0.25, 0.3) is 0 Å². The van der Waals surface area contributed by atoms with E-state index in [2.05, 4.69) is 35.1 Å².